The van der Waals surface area contributed by atoms with E-state index in [1.54, 1.807) is 23.9 Å². The molecule has 3 rings (SSSR count). The molecule has 0 aliphatic carbocycles. The number of allylic oxidation sites excluding steroid dienone is 1. The molecule has 2 aliphatic rings. The highest BCUT2D eigenvalue weighted by Crippen LogP contribution is 2.25. The Labute approximate surface area is 171 Å². The van der Waals surface area contributed by atoms with Gasteiger partial charge in [-0.25, -0.2) is 14.6 Å². The van der Waals surface area contributed by atoms with Crippen molar-refractivity contribution in [2.24, 2.45) is 10.9 Å². The molecule has 2 heterocycles. The van der Waals surface area contributed by atoms with Crippen LogP contribution in [0.2, 0.25) is 0 Å². The average molecular weight is 399 g/mol. The zero-order chi connectivity index (χ0) is 21.1. The van der Waals surface area contributed by atoms with Crippen LogP contribution in [-0.2, 0) is 16.1 Å². The van der Waals surface area contributed by atoms with Gasteiger partial charge in [-0.1, -0.05) is 44.2 Å². The van der Waals surface area contributed by atoms with E-state index in [1.807, 2.05) is 56.0 Å². The van der Waals surface area contributed by atoms with Crippen LogP contribution < -0.4 is 5.32 Å². The smallest absolute Gasteiger partial charge is 0.338 e. The Hall–Kier alpha value is -3.03. The number of nitrogens with one attached hydrogen (secondary N) is 1. The molecule has 1 aromatic carbocycles. The summed E-state index contributed by atoms with van der Waals surface area (Å²) in [4.78, 5) is 34.9. The molecule has 8 heteroatoms. The van der Waals surface area contributed by atoms with Crippen molar-refractivity contribution in [2.75, 3.05) is 27.4 Å². The van der Waals surface area contributed by atoms with Crippen LogP contribution >= 0.6 is 0 Å². The largest absolute Gasteiger partial charge is 0.457 e. The van der Waals surface area contributed by atoms with Crippen LogP contribution in [0.1, 0.15) is 26.3 Å². The molecule has 0 bridgehead atoms. The molecule has 2 aliphatic heterocycles. The van der Waals surface area contributed by atoms with Gasteiger partial charge in [0.2, 0.25) is 5.96 Å². The maximum atomic E-state index is 12.9. The zero-order valence-electron chi connectivity index (χ0n) is 17.7. The number of esters is 1. The molecule has 1 saturated heterocycles. The second kappa shape index (κ2) is 8.55. The van der Waals surface area contributed by atoms with Crippen molar-refractivity contribution in [1.29, 1.82) is 0 Å². The first kappa shape index (κ1) is 20.7. The maximum absolute atomic E-state index is 12.9. The maximum Gasteiger partial charge on any atom is 0.338 e. The Balaban J connectivity index is 1.76. The molecule has 156 valence electrons. The van der Waals surface area contributed by atoms with Crippen molar-refractivity contribution in [3.05, 3.63) is 47.2 Å². The quantitative estimate of drug-likeness (QED) is 0.786. The number of aliphatic imine (C=N–C) groups is 1. The van der Waals surface area contributed by atoms with Gasteiger partial charge in [-0.2, -0.15) is 0 Å². The summed E-state index contributed by atoms with van der Waals surface area (Å²) in [7, 11) is 3.51. The number of rotatable bonds is 4. The molecule has 0 aromatic heterocycles. The van der Waals surface area contributed by atoms with E-state index in [-0.39, 0.29) is 30.6 Å². The predicted molar refractivity (Wildman–Crippen MR) is 111 cm³/mol. The fourth-order valence-electron chi connectivity index (χ4n) is 3.51. The van der Waals surface area contributed by atoms with Crippen LogP contribution in [0.5, 0.6) is 0 Å². The number of ether oxygens (including phenoxy) is 1. The number of urea groups is 1. The van der Waals surface area contributed by atoms with Gasteiger partial charge in [0.15, 0.2) is 0 Å². The molecule has 1 unspecified atom stereocenters. The molecule has 1 N–H and O–H groups in total. The Morgan fingerprint density at radius 3 is 2.41 bits per heavy atom. The first-order valence-corrected chi connectivity index (χ1v) is 9.75. The summed E-state index contributed by atoms with van der Waals surface area (Å²) < 4.78 is 5.57. The van der Waals surface area contributed by atoms with E-state index in [2.05, 4.69) is 5.32 Å². The zero-order valence-corrected chi connectivity index (χ0v) is 17.7. The molecule has 1 atom stereocenters. The number of hydrogen-bond donors (Lipinski definition) is 1. The second-order valence-corrected chi connectivity index (χ2v) is 7.87. The van der Waals surface area contributed by atoms with Gasteiger partial charge in [0.1, 0.15) is 6.61 Å². The van der Waals surface area contributed by atoms with Gasteiger partial charge in [0, 0.05) is 19.8 Å². The monoisotopic (exact) mass is 399 g/mol. The molecule has 0 radical (unpaired) electrons. The minimum atomic E-state index is -0.358. The van der Waals surface area contributed by atoms with Gasteiger partial charge in [0.25, 0.3) is 0 Å². The molecule has 1 aromatic rings. The topological polar surface area (TPSA) is 77.5 Å². The summed E-state index contributed by atoms with van der Waals surface area (Å²) in [6.45, 7) is 7.02. The lowest BCUT2D eigenvalue weighted by atomic mass is 9.94. The lowest BCUT2D eigenvalue weighted by molar-refractivity contribution is -0.140. The lowest BCUT2D eigenvalue weighted by Gasteiger charge is -2.42. The second-order valence-electron chi connectivity index (χ2n) is 7.87. The lowest BCUT2D eigenvalue weighted by Crippen LogP contribution is -2.60. The number of carbonyl (C=O) groups is 2. The Kier molecular flexibility index (Phi) is 6.10. The number of guanidine groups is 1. The number of hydrogen-bond acceptors (Lipinski definition) is 6. The third-order valence-electron chi connectivity index (χ3n) is 5.04. The molecule has 29 heavy (non-hydrogen) atoms. The summed E-state index contributed by atoms with van der Waals surface area (Å²) in [5.41, 5.74) is 2.22. The van der Waals surface area contributed by atoms with E-state index in [9.17, 15) is 9.59 Å². The Bertz CT molecular complexity index is 820. The highest BCUT2D eigenvalue weighted by molar-refractivity contribution is 5.95. The molecule has 2 amide bonds. The van der Waals surface area contributed by atoms with E-state index in [0.717, 1.165) is 11.3 Å². The molecule has 0 spiro atoms. The minimum Gasteiger partial charge on any atom is -0.457 e. The molecule has 1 fully saturated rings. The highest BCUT2D eigenvalue weighted by Gasteiger charge is 2.35. The van der Waals surface area contributed by atoms with Crippen LogP contribution in [0.3, 0.4) is 0 Å². The first-order chi connectivity index (χ1) is 13.8. The third-order valence-corrected chi connectivity index (χ3v) is 5.04. The predicted octanol–water partition coefficient (Wildman–Crippen LogP) is 2.20. The Morgan fingerprint density at radius 2 is 1.83 bits per heavy atom. The van der Waals surface area contributed by atoms with E-state index in [0.29, 0.717) is 24.9 Å². The van der Waals surface area contributed by atoms with E-state index < -0.39 is 0 Å². The van der Waals surface area contributed by atoms with Crippen molar-refractivity contribution >= 4 is 18.0 Å². The van der Waals surface area contributed by atoms with Gasteiger partial charge in [-0.3, -0.25) is 0 Å². The summed E-state index contributed by atoms with van der Waals surface area (Å²) >= 11 is 0. The van der Waals surface area contributed by atoms with Gasteiger partial charge in [0.05, 0.1) is 25.0 Å². The normalized spacial score (nSPS) is 20.1. The molecular weight excluding hydrogens is 370 g/mol. The van der Waals surface area contributed by atoms with Crippen LogP contribution in [-0.4, -0.2) is 66.1 Å². The van der Waals surface area contributed by atoms with Gasteiger partial charge in [-0.15, -0.1) is 0 Å². The minimum absolute atomic E-state index is 0.0319. The number of carbonyl (C=O) groups excluding carboxylic acids is 2. The van der Waals surface area contributed by atoms with Crippen LogP contribution in [0.15, 0.2) is 46.6 Å². The fraction of sp³-hybridized carbons (Fsp3) is 0.476. The summed E-state index contributed by atoms with van der Waals surface area (Å²) in [5, 5.41) is 3.25. The number of nitrogens with zero attached hydrogens (tertiary/aromatic N) is 4. The first-order valence-electron chi connectivity index (χ1n) is 9.75. The van der Waals surface area contributed by atoms with Crippen LogP contribution in [0.4, 0.5) is 4.79 Å². The van der Waals surface area contributed by atoms with Crippen molar-refractivity contribution in [2.45, 2.75) is 33.4 Å². The standard InChI is InChI=1S/C21H29N5O3/c1-14(2)18-17(19(27)29-11-16-9-7-6-8-10-16)15(3)22-20(23-18)26-12-24(4)21(28)25(5)13-26/h6-10,14,18H,11-13H2,1-5H3,(H,22,23). The van der Waals surface area contributed by atoms with Crippen molar-refractivity contribution in [3.8, 4) is 0 Å². The summed E-state index contributed by atoms with van der Waals surface area (Å²) in [6, 6.07) is 9.26. The van der Waals surface area contributed by atoms with Gasteiger partial charge in [-0.05, 0) is 18.4 Å². The summed E-state index contributed by atoms with van der Waals surface area (Å²) in [6.07, 6.45) is 0. The molecular formula is C21H29N5O3. The van der Waals surface area contributed by atoms with E-state index in [4.69, 9.17) is 9.73 Å². The highest BCUT2D eigenvalue weighted by atomic mass is 16.5. The average Bonchev–Trinajstić information content (AvgIpc) is 2.69. The van der Waals surface area contributed by atoms with E-state index >= 15 is 0 Å². The van der Waals surface area contributed by atoms with Crippen LogP contribution in [0.25, 0.3) is 0 Å². The van der Waals surface area contributed by atoms with E-state index in [1.165, 1.54) is 0 Å². The Morgan fingerprint density at radius 1 is 1.21 bits per heavy atom. The molecule has 8 nitrogen and oxygen atoms in total. The van der Waals surface area contributed by atoms with Crippen molar-refractivity contribution in [3.63, 3.8) is 0 Å². The summed E-state index contributed by atoms with van der Waals surface area (Å²) in [5.74, 6) is 0.415. The third kappa shape index (κ3) is 4.52. The number of benzene rings is 1. The van der Waals surface area contributed by atoms with Gasteiger partial charge >= 0.3 is 12.0 Å². The van der Waals surface area contributed by atoms with Crippen molar-refractivity contribution in [1.82, 2.24) is 20.0 Å². The molecule has 0 saturated carbocycles. The van der Waals surface area contributed by atoms with Crippen LogP contribution in [0, 0.1) is 5.92 Å². The fourth-order valence-corrected chi connectivity index (χ4v) is 3.51. The number of amides is 2. The SMILES string of the molecule is CC1=C(C(=O)OCc2ccccc2)C(C(C)C)N=C(N2CN(C)C(=O)N(C)C2)N1. The van der Waals surface area contributed by atoms with Crippen molar-refractivity contribution < 1.29 is 14.3 Å². The van der Waals surface area contributed by atoms with Gasteiger partial charge < -0.3 is 24.8 Å².